The first-order valence-corrected chi connectivity index (χ1v) is 6.72. The molecule has 2 aromatic rings. The highest BCUT2D eigenvalue weighted by molar-refractivity contribution is 7.17. The standard InChI is InChI=1S/C14H16N2O2S/c1-6-5-7(2)9(4)10(8(6)3)11-12(13(17)18)19-14(15)16-11/h5H,1-4H3,(H2,15,16)(H,17,18). The number of anilines is 1. The number of aromatic nitrogens is 1. The van der Waals surface area contributed by atoms with E-state index in [1.165, 1.54) is 0 Å². The summed E-state index contributed by atoms with van der Waals surface area (Å²) in [6.07, 6.45) is 0. The van der Waals surface area contributed by atoms with Crippen LogP contribution in [0.3, 0.4) is 0 Å². The van der Waals surface area contributed by atoms with E-state index in [2.05, 4.69) is 11.1 Å². The molecule has 0 aliphatic heterocycles. The number of nitrogens with zero attached hydrogens (tertiary/aromatic N) is 1. The van der Waals surface area contributed by atoms with E-state index >= 15 is 0 Å². The molecule has 1 aromatic carbocycles. The number of hydrogen-bond acceptors (Lipinski definition) is 4. The summed E-state index contributed by atoms with van der Waals surface area (Å²) < 4.78 is 0. The van der Waals surface area contributed by atoms with Gasteiger partial charge in [0.1, 0.15) is 4.88 Å². The van der Waals surface area contributed by atoms with Gasteiger partial charge in [-0.3, -0.25) is 0 Å². The Kier molecular flexibility index (Phi) is 3.32. The first kappa shape index (κ1) is 13.5. The fourth-order valence-electron chi connectivity index (χ4n) is 2.22. The van der Waals surface area contributed by atoms with E-state index in [-0.39, 0.29) is 10.0 Å². The Labute approximate surface area is 115 Å². The molecule has 5 heteroatoms. The summed E-state index contributed by atoms with van der Waals surface area (Å²) in [5.74, 6) is -0.984. The van der Waals surface area contributed by atoms with Crippen molar-refractivity contribution >= 4 is 22.4 Å². The van der Waals surface area contributed by atoms with Crippen LogP contribution in [0.1, 0.15) is 31.9 Å². The number of carboxylic acid groups (broad SMARTS) is 1. The van der Waals surface area contributed by atoms with Crippen LogP contribution in [0.5, 0.6) is 0 Å². The third-order valence-electron chi connectivity index (χ3n) is 3.44. The highest BCUT2D eigenvalue weighted by Gasteiger charge is 2.22. The topological polar surface area (TPSA) is 76.2 Å². The Morgan fingerprint density at radius 3 is 2.21 bits per heavy atom. The van der Waals surface area contributed by atoms with Crippen LogP contribution in [0.25, 0.3) is 11.3 Å². The Bertz CT molecular complexity index is 648. The van der Waals surface area contributed by atoms with Gasteiger partial charge in [0.25, 0.3) is 0 Å². The zero-order chi connectivity index (χ0) is 14.3. The summed E-state index contributed by atoms with van der Waals surface area (Å²) in [4.78, 5) is 15.7. The summed E-state index contributed by atoms with van der Waals surface area (Å²) in [5.41, 5.74) is 11.4. The van der Waals surface area contributed by atoms with Crippen LogP contribution in [-0.2, 0) is 0 Å². The van der Waals surface area contributed by atoms with Crippen molar-refractivity contribution < 1.29 is 9.90 Å². The van der Waals surface area contributed by atoms with Gasteiger partial charge in [-0.1, -0.05) is 17.4 Å². The van der Waals surface area contributed by atoms with Gasteiger partial charge in [-0.15, -0.1) is 0 Å². The van der Waals surface area contributed by atoms with Crippen LogP contribution < -0.4 is 5.73 Å². The summed E-state index contributed by atoms with van der Waals surface area (Å²) in [7, 11) is 0. The minimum atomic E-state index is -0.984. The molecule has 0 bridgehead atoms. The van der Waals surface area contributed by atoms with Crippen LogP contribution in [0.15, 0.2) is 6.07 Å². The van der Waals surface area contributed by atoms with Crippen molar-refractivity contribution in [2.75, 3.05) is 5.73 Å². The molecule has 0 amide bonds. The Balaban J connectivity index is 2.83. The number of nitrogens with two attached hydrogens (primary N) is 1. The number of hydrogen-bond donors (Lipinski definition) is 2. The van der Waals surface area contributed by atoms with Gasteiger partial charge in [0.05, 0.1) is 5.69 Å². The maximum Gasteiger partial charge on any atom is 0.348 e. The molecule has 0 aliphatic rings. The van der Waals surface area contributed by atoms with Crippen LogP contribution in [0.4, 0.5) is 5.13 Å². The van der Waals surface area contributed by atoms with E-state index in [0.717, 1.165) is 39.2 Å². The van der Waals surface area contributed by atoms with E-state index in [1.807, 2.05) is 27.7 Å². The average Bonchev–Trinajstić information content (AvgIpc) is 2.69. The molecule has 100 valence electrons. The van der Waals surface area contributed by atoms with E-state index < -0.39 is 5.97 Å². The normalized spacial score (nSPS) is 10.7. The van der Waals surface area contributed by atoms with Crippen molar-refractivity contribution in [3.8, 4) is 11.3 Å². The lowest BCUT2D eigenvalue weighted by molar-refractivity contribution is 0.0702. The second-order valence-electron chi connectivity index (χ2n) is 4.67. The van der Waals surface area contributed by atoms with Crippen molar-refractivity contribution in [2.24, 2.45) is 0 Å². The average molecular weight is 276 g/mol. The van der Waals surface area contributed by atoms with E-state index in [9.17, 15) is 9.90 Å². The Morgan fingerprint density at radius 1 is 1.21 bits per heavy atom. The quantitative estimate of drug-likeness (QED) is 0.882. The van der Waals surface area contributed by atoms with Crippen molar-refractivity contribution in [1.82, 2.24) is 4.98 Å². The molecule has 4 nitrogen and oxygen atoms in total. The van der Waals surface area contributed by atoms with Crippen LogP contribution >= 0.6 is 11.3 Å². The van der Waals surface area contributed by atoms with Gasteiger partial charge in [0.2, 0.25) is 0 Å². The zero-order valence-corrected chi connectivity index (χ0v) is 12.2. The van der Waals surface area contributed by atoms with Gasteiger partial charge in [0.15, 0.2) is 5.13 Å². The SMILES string of the molecule is Cc1cc(C)c(C)c(-c2nc(N)sc2C(=O)O)c1C. The molecule has 3 N–H and O–H groups in total. The molecular formula is C14H16N2O2S. The van der Waals surface area contributed by atoms with E-state index in [4.69, 9.17) is 5.73 Å². The number of thiazole rings is 1. The number of carboxylic acids is 1. The van der Waals surface area contributed by atoms with Crippen molar-refractivity contribution in [3.05, 3.63) is 33.2 Å². The van der Waals surface area contributed by atoms with Gasteiger partial charge >= 0.3 is 5.97 Å². The molecule has 1 heterocycles. The summed E-state index contributed by atoms with van der Waals surface area (Å²) >= 11 is 1.01. The zero-order valence-electron chi connectivity index (χ0n) is 11.4. The summed E-state index contributed by atoms with van der Waals surface area (Å²) in [6, 6.07) is 2.10. The largest absolute Gasteiger partial charge is 0.477 e. The molecular weight excluding hydrogens is 260 g/mol. The van der Waals surface area contributed by atoms with E-state index in [0.29, 0.717) is 5.69 Å². The molecule has 2 rings (SSSR count). The van der Waals surface area contributed by atoms with Gasteiger partial charge in [-0.2, -0.15) is 0 Å². The lowest BCUT2D eigenvalue weighted by Crippen LogP contribution is -2.01. The Hall–Kier alpha value is -1.88. The monoisotopic (exact) mass is 276 g/mol. The molecule has 0 radical (unpaired) electrons. The molecule has 0 saturated heterocycles. The van der Waals surface area contributed by atoms with E-state index in [1.54, 1.807) is 0 Å². The first-order chi connectivity index (χ1) is 8.82. The predicted octanol–water partition coefficient (Wildman–Crippen LogP) is 3.32. The summed E-state index contributed by atoms with van der Waals surface area (Å²) in [6.45, 7) is 8.00. The number of aryl methyl sites for hydroxylation is 2. The molecule has 0 fully saturated rings. The molecule has 0 unspecified atom stereocenters. The minimum Gasteiger partial charge on any atom is -0.477 e. The van der Waals surface area contributed by atoms with Crippen molar-refractivity contribution in [3.63, 3.8) is 0 Å². The second kappa shape index (κ2) is 4.66. The maximum atomic E-state index is 11.3. The lowest BCUT2D eigenvalue weighted by atomic mass is 9.92. The van der Waals surface area contributed by atoms with Crippen LogP contribution in [-0.4, -0.2) is 16.1 Å². The molecule has 0 spiro atoms. The fourth-order valence-corrected chi connectivity index (χ4v) is 2.90. The smallest absolute Gasteiger partial charge is 0.348 e. The number of benzene rings is 1. The third kappa shape index (κ3) is 2.21. The summed E-state index contributed by atoms with van der Waals surface area (Å²) in [5, 5.41) is 9.56. The van der Waals surface area contributed by atoms with Gasteiger partial charge in [0, 0.05) is 5.56 Å². The number of aromatic carboxylic acids is 1. The van der Waals surface area contributed by atoms with Crippen LogP contribution in [0, 0.1) is 27.7 Å². The van der Waals surface area contributed by atoms with Crippen LogP contribution in [0.2, 0.25) is 0 Å². The number of carbonyl (C=O) groups is 1. The van der Waals surface area contributed by atoms with Gasteiger partial charge < -0.3 is 10.8 Å². The number of rotatable bonds is 2. The van der Waals surface area contributed by atoms with Gasteiger partial charge in [-0.25, -0.2) is 9.78 Å². The Morgan fingerprint density at radius 2 is 1.74 bits per heavy atom. The molecule has 0 saturated carbocycles. The van der Waals surface area contributed by atoms with Gasteiger partial charge in [-0.05, 0) is 49.9 Å². The maximum absolute atomic E-state index is 11.3. The number of nitrogen functional groups attached to an aromatic ring is 1. The molecule has 0 atom stereocenters. The fraction of sp³-hybridized carbons (Fsp3) is 0.286. The third-order valence-corrected chi connectivity index (χ3v) is 4.31. The predicted molar refractivity (Wildman–Crippen MR) is 77.9 cm³/mol. The molecule has 19 heavy (non-hydrogen) atoms. The first-order valence-electron chi connectivity index (χ1n) is 5.90. The minimum absolute atomic E-state index is 0.203. The molecule has 1 aromatic heterocycles. The molecule has 0 aliphatic carbocycles. The lowest BCUT2D eigenvalue weighted by Gasteiger charge is -2.14. The van der Waals surface area contributed by atoms with Crippen molar-refractivity contribution in [2.45, 2.75) is 27.7 Å². The highest BCUT2D eigenvalue weighted by Crippen LogP contribution is 2.36. The highest BCUT2D eigenvalue weighted by atomic mass is 32.1. The van der Waals surface area contributed by atoms with Crippen molar-refractivity contribution in [1.29, 1.82) is 0 Å². The second-order valence-corrected chi connectivity index (χ2v) is 5.70.